The van der Waals surface area contributed by atoms with Crippen molar-refractivity contribution in [2.45, 2.75) is 340 Å². The number of carbonyl (C=O) groups excluding carboxylic acids is 15. The first kappa shape index (κ1) is 104. The number of hydrogen-bond acceptors (Lipinski definition) is 43. The summed E-state index contributed by atoms with van der Waals surface area (Å²) in [6.45, 7) is 25.7. The van der Waals surface area contributed by atoms with Crippen molar-refractivity contribution in [2.75, 3.05) is 39.6 Å². The molecule has 0 aromatic carbocycles. The molecule has 33 atom stereocenters. The Hall–Kier alpha value is -8.25. The zero-order valence-corrected chi connectivity index (χ0v) is 75.7. The van der Waals surface area contributed by atoms with E-state index in [1.807, 2.05) is 13.8 Å². The summed E-state index contributed by atoms with van der Waals surface area (Å²) in [6, 6.07) is 0. The van der Waals surface area contributed by atoms with Crippen molar-refractivity contribution >= 4 is 105 Å². The van der Waals surface area contributed by atoms with Crippen molar-refractivity contribution in [3.63, 3.8) is 0 Å². The van der Waals surface area contributed by atoms with Crippen molar-refractivity contribution in [1.29, 1.82) is 0 Å². The van der Waals surface area contributed by atoms with Crippen molar-refractivity contribution in [1.82, 2.24) is 0 Å². The summed E-state index contributed by atoms with van der Waals surface area (Å²) < 4.78 is 142. The Morgan fingerprint density at radius 2 is 0.756 bits per heavy atom. The van der Waals surface area contributed by atoms with Gasteiger partial charge in [0.1, 0.15) is 80.9 Å². The van der Waals surface area contributed by atoms with Crippen LogP contribution in [-0.2, 0) is 186 Å². The van der Waals surface area contributed by atoms with Crippen LogP contribution in [0.2, 0.25) is 0 Å². The molecule has 0 aromatic heterocycles. The normalized spacial score (nSPS) is 38.8. The minimum absolute atomic E-state index is 0.0120. The first-order valence-corrected chi connectivity index (χ1v) is 42.6. The number of ether oxygens (including phenoxy) is 24. The van der Waals surface area contributed by atoms with Crippen LogP contribution >= 0.6 is 15.9 Å². The molecule has 6 heterocycles. The van der Waals surface area contributed by atoms with Gasteiger partial charge in [-0.1, -0.05) is 49.7 Å². The summed E-state index contributed by atoms with van der Waals surface area (Å²) in [6.07, 6.45) is -34.1. The third-order valence-corrected chi connectivity index (χ3v) is 24.8. The van der Waals surface area contributed by atoms with E-state index in [1.165, 1.54) is 27.7 Å². The molecule has 1 spiro atoms. The molecule has 2 bridgehead atoms. The van der Waals surface area contributed by atoms with E-state index >= 15 is 4.79 Å². The average molecular weight is 1880 g/mol. The van der Waals surface area contributed by atoms with E-state index in [0.717, 1.165) is 69.2 Å². The number of halogens is 1. The molecule has 716 valence electrons. The van der Waals surface area contributed by atoms with Crippen LogP contribution in [0, 0.1) is 39.9 Å². The van der Waals surface area contributed by atoms with E-state index in [4.69, 9.17) is 129 Å². The van der Waals surface area contributed by atoms with E-state index in [2.05, 4.69) is 34.2 Å². The molecule has 0 unspecified atom stereocenters. The maximum Gasteiger partial charge on any atom is 0.314 e. The van der Waals surface area contributed by atoms with Gasteiger partial charge in [0.2, 0.25) is 12.4 Å². The number of aliphatic hydroxyl groups is 4. The fourth-order valence-electron chi connectivity index (χ4n) is 19.2. The van der Waals surface area contributed by atoms with Gasteiger partial charge >= 0.3 is 89.5 Å². The molecule has 127 heavy (non-hydrogen) atoms. The molecule has 6 saturated heterocycles. The number of carbonyl (C=O) groups is 15. The predicted molar refractivity (Wildman–Crippen MR) is 420 cm³/mol. The monoisotopic (exact) mass is 1880 g/mol. The maximum atomic E-state index is 15.1. The predicted octanol–water partition coefficient (Wildman–Crippen LogP) is 2.30. The number of esters is 15. The van der Waals surface area contributed by atoms with Crippen LogP contribution in [0.15, 0.2) is 12.2 Å². The van der Waals surface area contributed by atoms with Gasteiger partial charge in [0.25, 0.3) is 0 Å². The number of fused-ring (bicyclic) bond motifs is 3. The van der Waals surface area contributed by atoms with Crippen LogP contribution < -0.4 is 0 Å². The van der Waals surface area contributed by atoms with Crippen LogP contribution in [0.5, 0.6) is 0 Å². The van der Waals surface area contributed by atoms with Crippen molar-refractivity contribution in [3.05, 3.63) is 12.2 Å². The van der Waals surface area contributed by atoms with Gasteiger partial charge in [0.15, 0.2) is 79.0 Å². The molecule has 0 amide bonds. The Balaban J connectivity index is 0.000000653. The van der Waals surface area contributed by atoms with E-state index in [1.54, 1.807) is 6.92 Å². The second-order valence-electron chi connectivity index (χ2n) is 34.0. The SMILES string of the molecule is C=C1C[C@@]23CC[C@H]4[C@@](C)(CCC[C@@]4(C)C(=O)O[C@@H]4OC[C@H](C)[C@H](OC(C)=O)[C@H]4OC(C)=O)[C@@H]2CC[C@]1(O[C@@H]1O[C@H](COC(C)=O)[C@@H](OC(C)=O)[C@H](O[C@@H]2O[C@H](COC(C)=O)[C@@H](OC(C)=O)[C@H](OC(C)=O)[C@H]2OC(C)=O)[C@H]1O[C@@H]1O[C@H](COC(C)=O)[C@@H](OC(C)=O)[C@H](OC(C)=O)[C@H]1OC(C)=O)C3.CC(=O)O[C@@H]1[C@@H](OC(C)=O)[C@@H](Br)OC[C@@H]1C.O[C@@H]1[C@@H](O)[C@@H](O)OC[C@@H]1O. The third kappa shape index (κ3) is 26.1. The Labute approximate surface area is 740 Å². The van der Waals surface area contributed by atoms with Crippen LogP contribution in [0.1, 0.15) is 182 Å². The summed E-state index contributed by atoms with van der Waals surface area (Å²) in [7, 11) is 0. The molecule has 6 aliphatic heterocycles. The molecule has 4 aliphatic carbocycles. The lowest BCUT2D eigenvalue weighted by Crippen LogP contribution is -2.69. The standard InChI is InChI=1S/C68H94O33.C10H15BrO5.C5H10O5/c1-30-25-85-60(56(92-41(12)78)49(30)86-35(6)72)100-64(81)66(16)21-17-20-65(15)47(66)18-22-67-24-31(2)68(29-67,23-19-48(65)67)101-63-59(99-62-58(94-43(14)80)54(91-40(11)77)51(88-37(8)74)45(96-62)27-83-33(4)70)55(52(89-38(9)75)46(97-63)28-84-34(5)71)98-61-57(93-42(13)79)53(90-39(10)76)50(87-36(7)73)44(95-61)26-82-32(3)69;1-5-4-14-10(11)9(16-7(3)13)8(5)15-6(2)12;6-2-1-10-5(9)4(8)3(2)7/h30,44-63H,2,17-29H2,1,3-16H3;5,8-10H,4H2,1-3H3;2-9H,1H2/t30-,44+,45+,46+,47-,48-,49-,50+,51+,52+,53-,54-,55-,56+,57+,58+,59+,60-,61-,62-,63-,65+,66+,67+,68-;5-,8-,9+,10-;2-,3-,4+,5-/m000/s1. The highest BCUT2D eigenvalue weighted by atomic mass is 79.9. The van der Waals surface area contributed by atoms with Gasteiger partial charge in [-0.25, -0.2) is 0 Å². The van der Waals surface area contributed by atoms with Gasteiger partial charge in [-0.15, -0.1) is 0 Å². The van der Waals surface area contributed by atoms with E-state index in [-0.39, 0.29) is 43.8 Å². The Bertz CT molecular complexity index is 3930. The fourth-order valence-corrected chi connectivity index (χ4v) is 19.7. The zero-order valence-electron chi connectivity index (χ0n) is 74.1. The van der Waals surface area contributed by atoms with Crippen molar-refractivity contribution in [3.8, 4) is 0 Å². The number of aliphatic hydroxyl groups excluding tert-OH is 4. The van der Waals surface area contributed by atoms with Crippen molar-refractivity contribution in [2.24, 2.45) is 39.9 Å². The third-order valence-electron chi connectivity index (χ3n) is 24.0. The van der Waals surface area contributed by atoms with Crippen LogP contribution in [0.25, 0.3) is 0 Å². The second kappa shape index (κ2) is 44.6. The molecule has 43 nitrogen and oxygen atoms in total. The van der Waals surface area contributed by atoms with E-state index in [0.29, 0.717) is 57.1 Å². The summed E-state index contributed by atoms with van der Waals surface area (Å²) in [5.41, 5.74) is -3.10. The lowest BCUT2D eigenvalue weighted by molar-refractivity contribution is -0.400. The molecule has 0 radical (unpaired) electrons. The smallest absolute Gasteiger partial charge is 0.314 e. The molecule has 4 N–H and O–H groups in total. The minimum Gasteiger partial charge on any atom is -0.463 e. The van der Waals surface area contributed by atoms with Gasteiger partial charge in [-0.05, 0) is 86.5 Å². The fraction of sp³-hybridized carbons (Fsp3) is 0.795. The zero-order chi connectivity index (χ0) is 94.6. The molecule has 10 aliphatic rings. The highest BCUT2D eigenvalue weighted by Gasteiger charge is 2.71. The summed E-state index contributed by atoms with van der Waals surface area (Å²) in [4.78, 5) is 192. The largest absolute Gasteiger partial charge is 0.463 e. The van der Waals surface area contributed by atoms with Crippen molar-refractivity contribution < 1.29 is 206 Å². The summed E-state index contributed by atoms with van der Waals surface area (Å²) in [5, 5.41) is 34.8. The maximum absolute atomic E-state index is 15.1. The number of alkyl halides is 1. The molecule has 10 fully saturated rings. The Morgan fingerprint density at radius 1 is 0.386 bits per heavy atom. The topological polar surface area (TPSA) is 558 Å². The lowest BCUT2D eigenvalue weighted by Gasteiger charge is -2.64. The summed E-state index contributed by atoms with van der Waals surface area (Å²) >= 11 is 3.25. The summed E-state index contributed by atoms with van der Waals surface area (Å²) in [5.74, 6) is -13.2. The van der Waals surface area contributed by atoms with Crippen LogP contribution in [0.4, 0.5) is 0 Å². The lowest BCUT2D eigenvalue weighted by atomic mass is 9.41. The Morgan fingerprint density at radius 3 is 1.19 bits per heavy atom. The second-order valence-corrected chi connectivity index (χ2v) is 34.9. The number of hydrogen-bond donors (Lipinski definition) is 4. The van der Waals surface area contributed by atoms with E-state index in [9.17, 15) is 67.1 Å². The quantitative estimate of drug-likeness (QED) is 0.0335. The molecule has 10 rings (SSSR count). The van der Waals surface area contributed by atoms with Gasteiger partial charge in [-0.3, -0.25) is 71.9 Å². The molecule has 0 aromatic rings. The first-order valence-electron chi connectivity index (χ1n) is 41.7. The Kier molecular flexibility index (Phi) is 36.5. The highest BCUT2D eigenvalue weighted by Crippen LogP contribution is 2.74. The molecular formula is C83H119BrO43. The molecule has 44 heteroatoms. The van der Waals surface area contributed by atoms with Crippen LogP contribution in [-0.4, -0.2) is 308 Å². The van der Waals surface area contributed by atoms with Crippen LogP contribution in [0.3, 0.4) is 0 Å². The first-order chi connectivity index (χ1) is 59.3. The number of rotatable bonds is 25. The van der Waals surface area contributed by atoms with Gasteiger partial charge in [-0.2, -0.15) is 0 Å². The van der Waals surface area contributed by atoms with Gasteiger partial charge < -0.3 is 134 Å². The average Bonchev–Trinajstić information content (AvgIpc) is 1.57. The highest BCUT2D eigenvalue weighted by molar-refractivity contribution is 9.09. The molecular weight excluding hydrogens is 1760 g/mol. The van der Waals surface area contributed by atoms with Gasteiger partial charge in [0.05, 0.1) is 30.8 Å². The molecule has 4 saturated carbocycles. The van der Waals surface area contributed by atoms with Gasteiger partial charge in [0, 0.05) is 109 Å². The van der Waals surface area contributed by atoms with E-state index < -0.39 is 290 Å². The minimum atomic E-state index is -2.12.